The molecule has 4 rings (SSSR count). The zero-order valence-electron chi connectivity index (χ0n) is 18.9. The molecule has 1 amide bonds. The Balaban J connectivity index is 1.63. The highest BCUT2D eigenvalue weighted by Crippen LogP contribution is 2.25. The molecule has 0 saturated heterocycles. The lowest BCUT2D eigenvalue weighted by molar-refractivity contribution is -0.125. The zero-order chi connectivity index (χ0) is 24.2. The van der Waals surface area contributed by atoms with Gasteiger partial charge in [-0.3, -0.25) is 4.79 Å². The molecule has 34 heavy (non-hydrogen) atoms. The van der Waals surface area contributed by atoms with E-state index in [0.29, 0.717) is 17.1 Å². The van der Waals surface area contributed by atoms with Crippen molar-refractivity contribution in [3.05, 3.63) is 106 Å². The lowest BCUT2D eigenvalue weighted by Crippen LogP contribution is -2.26. The van der Waals surface area contributed by atoms with Crippen molar-refractivity contribution >= 4 is 29.2 Å². The molecular weight excluding hydrogens is 452 g/mol. The molecule has 8 heteroatoms. The Bertz CT molecular complexity index is 1330. The number of ether oxygens (including phenoxy) is 1. The van der Waals surface area contributed by atoms with Crippen LogP contribution in [0.15, 0.2) is 72.8 Å². The fraction of sp³-hybridized carbons (Fsp3) is 0.154. The van der Waals surface area contributed by atoms with Gasteiger partial charge in [0.15, 0.2) is 11.5 Å². The van der Waals surface area contributed by atoms with E-state index in [1.165, 1.54) is 0 Å². The van der Waals surface area contributed by atoms with E-state index < -0.39 is 18.0 Å². The number of aromatic nitrogens is 3. The number of esters is 1. The lowest BCUT2D eigenvalue weighted by Gasteiger charge is -2.18. The summed E-state index contributed by atoms with van der Waals surface area (Å²) >= 11 is 6.28. The van der Waals surface area contributed by atoms with Crippen LogP contribution in [0.25, 0.3) is 5.82 Å². The summed E-state index contributed by atoms with van der Waals surface area (Å²) in [5, 5.41) is 7.31. The smallest absolute Gasteiger partial charge is 0.359 e. The minimum absolute atomic E-state index is 0.101. The first-order valence-corrected chi connectivity index (χ1v) is 11.0. The molecule has 2 heterocycles. The van der Waals surface area contributed by atoms with Gasteiger partial charge in [0, 0.05) is 16.9 Å². The maximum Gasteiger partial charge on any atom is 0.359 e. The number of nitrogens with zero attached hydrogens (tertiary/aromatic N) is 3. The van der Waals surface area contributed by atoms with E-state index in [2.05, 4.69) is 15.4 Å². The van der Waals surface area contributed by atoms with Crippen LogP contribution in [-0.2, 0) is 9.53 Å². The van der Waals surface area contributed by atoms with E-state index >= 15 is 0 Å². The number of pyridine rings is 1. The minimum atomic E-state index is -1.20. The van der Waals surface area contributed by atoms with Crippen LogP contribution in [0.3, 0.4) is 0 Å². The molecule has 0 spiro atoms. The van der Waals surface area contributed by atoms with Gasteiger partial charge in [-0.25, -0.2) is 14.5 Å². The first-order valence-electron chi connectivity index (χ1n) is 10.7. The van der Waals surface area contributed by atoms with Crippen LogP contribution in [0.2, 0.25) is 5.02 Å². The average molecular weight is 475 g/mol. The predicted molar refractivity (Wildman–Crippen MR) is 130 cm³/mol. The maximum atomic E-state index is 13.1. The van der Waals surface area contributed by atoms with Crippen LogP contribution < -0.4 is 5.32 Å². The van der Waals surface area contributed by atoms with Crippen molar-refractivity contribution in [2.75, 3.05) is 5.32 Å². The molecule has 172 valence electrons. The molecule has 1 N–H and O–H groups in total. The van der Waals surface area contributed by atoms with Gasteiger partial charge in [0.2, 0.25) is 6.10 Å². The molecule has 0 fully saturated rings. The third-order valence-corrected chi connectivity index (χ3v) is 5.44. The SMILES string of the molecule is Cc1ccc(NC(=O)C(OC(=O)c2nc(-n3nc(C)cc3C)ccc2Cl)c2ccccc2)cc1. The van der Waals surface area contributed by atoms with Crippen molar-refractivity contribution in [2.45, 2.75) is 26.9 Å². The van der Waals surface area contributed by atoms with Gasteiger partial charge in [-0.05, 0) is 51.1 Å². The van der Waals surface area contributed by atoms with Gasteiger partial charge in [-0.2, -0.15) is 5.10 Å². The van der Waals surface area contributed by atoms with Crippen molar-refractivity contribution < 1.29 is 14.3 Å². The molecule has 0 bridgehead atoms. The van der Waals surface area contributed by atoms with Gasteiger partial charge < -0.3 is 10.1 Å². The number of hydrogen-bond donors (Lipinski definition) is 1. The standard InChI is InChI=1S/C26H23ClN4O3/c1-16-9-11-20(12-10-16)28-25(32)24(19-7-5-4-6-8-19)34-26(33)23-21(27)13-14-22(29-23)31-18(3)15-17(2)30-31/h4-15,24H,1-3H3,(H,28,32). The summed E-state index contributed by atoms with van der Waals surface area (Å²) in [5.41, 5.74) is 3.74. The zero-order valence-corrected chi connectivity index (χ0v) is 19.7. The number of nitrogens with one attached hydrogen (secondary N) is 1. The number of hydrogen-bond acceptors (Lipinski definition) is 5. The highest BCUT2D eigenvalue weighted by atomic mass is 35.5. The second-order valence-corrected chi connectivity index (χ2v) is 8.30. The van der Waals surface area contributed by atoms with Crippen LogP contribution in [0.5, 0.6) is 0 Å². The van der Waals surface area contributed by atoms with Gasteiger partial charge in [0.1, 0.15) is 0 Å². The monoisotopic (exact) mass is 474 g/mol. The van der Waals surface area contributed by atoms with Crippen molar-refractivity contribution in [3.8, 4) is 5.82 Å². The summed E-state index contributed by atoms with van der Waals surface area (Å²) in [5.74, 6) is -0.891. The predicted octanol–water partition coefficient (Wildman–Crippen LogP) is 5.38. The number of halogens is 1. The van der Waals surface area contributed by atoms with Crippen LogP contribution in [0, 0.1) is 20.8 Å². The number of rotatable bonds is 6. The molecular formula is C26H23ClN4O3. The van der Waals surface area contributed by atoms with Gasteiger partial charge in [0.05, 0.1) is 10.7 Å². The lowest BCUT2D eigenvalue weighted by atomic mass is 10.1. The number of carbonyl (C=O) groups excluding carboxylic acids is 2. The van der Waals surface area contributed by atoms with Crippen LogP contribution in [-0.4, -0.2) is 26.6 Å². The topological polar surface area (TPSA) is 86.1 Å². The Morgan fingerprint density at radius 2 is 1.68 bits per heavy atom. The Morgan fingerprint density at radius 1 is 0.971 bits per heavy atom. The Labute approximate surface area is 202 Å². The van der Waals surface area contributed by atoms with E-state index in [1.54, 1.807) is 53.2 Å². The Hall–Kier alpha value is -3.97. The van der Waals surface area contributed by atoms with Gasteiger partial charge in [-0.15, -0.1) is 0 Å². The van der Waals surface area contributed by atoms with Crippen molar-refractivity contribution in [1.82, 2.24) is 14.8 Å². The summed E-state index contributed by atoms with van der Waals surface area (Å²) in [6.07, 6.45) is -1.20. The fourth-order valence-electron chi connectivity index (χ4n) is 3.46. The third-order valence-electron chi connectivity index (χ3n) is 5.14. The molecule has 0 aliphatic heterocycles. The van der Waals surface area contributed by atoms with Crippen LogP contribution in [0.4, 0.5) is 5.69 Å². The van der Waals surface area contributed by atoms with Gasteiger partial charge in [-0.1, -0.05) is 59.6 Å². The van der Waals surface area contributed by atoms with Crippen molar-refractivity contribution in [1.29, 1.82) is 0 Å². The highest BCUT2D eigenvalue weighted by Gasteiger charge is 2.28. The number of anilines is 1. The molecule has 1 atom stereocenters. The largest absolute Gasteiger partial charge is 0.443 e. The van der Waals surface area contributed by atoms with Crippen LogP contribution in [0.1, 0.15) is 39.1 Å². The first kappa shape index (κ1) is 23.2. The molecule has 4 aromatic rings. The van der Waals surface area contributed by atoms with Crippen LogP contribution >= 0.6 is 11.6 Å². The highest BCUT2D eigenvalue weighted by molar-refractivity contribution is 6.33. The van der Waals surface area contributed by atoms with E-state index in [9.17, 15) is 9.59 Å². The Kier molecular flexibility index (Phi) is 6.75. The molecule has 1 unspecified atom stereocenters. The van der Waals surface area contributed by atoms with Gasteiger partial charge >= 0.3 is 5.97 Å². The van der Waals surface area contributed by atoms with E-state index in [4.69, 9.17) is 16.3 Å². The number of carbonyl (C=O) groups is 2. The Morgan fingerprint density at radius 3 is 2.32 bits per heavy atom. The quantitative estimate of drug-likeness (QED) is 0.379. The summed E-state index contributed by atoms with van der Waals surface area (Å²) in [7, 11) is 0. The van der Waals surface area contributed by atoms with Crippen molar-refractivity contribution in [2.24, 2.45) is 0 Å². The summed E-state index contributed by atoms with van der Waals surface area (Å²) < 4.78 is 7.27. The number of aryl methyl sites for hydroxylation is 3. The molecule has 0 aliphatic carbocycles. The number of amides is 1. The third kappa shape index (κ3) is 5.15. The van der Waals surface area contributed by atoms with E-state index in [-0.39, 0.29) is 10.7 Å². The summed E-state index contributed by atoms with van der Waals surface area (Å²) in [6, 6.07) is 21.2. The normalized spacial score (nSPS) is 11.6. The molecule has 2 aromatic heterocycles. The molecule has 0 radical (unpaired) electrons. The average Bonchev–Trinajstić information content (AvgIpc) is 3.17. The van der Waals surface area contributed by atoms with Gasteiger partial charge in [0.25, 0.3) is 5.91 Å². The maximum absolute atomic E-state index is 13.1. The second-order valence-electron chi connectivity index (χ2n) is 7.89. The number of benzene rings is 2. The minimum Gasteiger partial charge on any atom is -0.443 e. The first-order chi connectivity index (χ1) is 16.3. The second kappa shape index (κ2) is 9.89. The van der Waals surface area contributed by atoms with E-state index in [1.807, 2.05) is 45.0 Å². The van der Waals surface area contributed by atoms with Crippen molar-refractivity contribution in [3.63, 3.8) is 0 Å². The van der Waals surface area contributed by atoms with E-state index in [0.717, 1.165) is 17.0 Å². The molecule has 7 nitrogen and oxygen atoms in total. The molecule has 0 aliphatic rings. The fourth-order valence-corrected chi connectivity index (χ4v) is 3.64. The summed E-state index contributed by atoms with van der Waals surface area (Å²) in [4.78, 5) is 30.7. The molecule has 0 saturated carbocycles. The summed E-state index contributed by atoms with van der Waals surface area (Å²) in [6.45, 7) is 5.71. The molecule has 2 aromatic carbocycles.